The maximum atomic E-state index is 10.4. The van der Waals surface area contributed by atoms with Gasteiger partial charge in [0.25, 0.3) is 0 Å². The van der Waals surface area contributed by atoms with E-state index in [0.717, 1.165) is 41.6 Å². The lowest BCUT2D eigenvalue weighted by Gasteiger charge is -2.57. The summed E-state index contributed by atoms with van der Waals surface area (Å²) in [6.07, 6.45) is 12.7. The van der Waals surface area contributed by atoms with Crippen LogP contribution in [0.1, 0.15) is 106 Å². The molecule has 1 heteroatoms. The van der Waals surface area contributed by atoms with Crippen molar-refractivity contribution in [1.29, 1.82) is 0 Å². The van der Waals surface area contributed by atoms with Crippen LogP contribution in [0.2, 0.25) is 0 Å². The second-order valence-corrected chi connectivity index (χ2v) is 12.7. The van der Waals surface area contributed by atoms with Gasteiger partial charge in [-0.3, -0.25) is 0 Å². The standard InChI is InChI=1S/C29H48O/c1-18(2)19(3)8-9-20(4)23-12-13-25-22-10-11-24-21(5)27(30)15-17-29(24,7)26(22)14-16-28(23,25)6/h18-20,23-24,26-27,30H,5,8-17H2,1-4,6-7H3/t19?,20-,23?,24?,26?,27?,28?,29?/m1/s1. The molecule has 0 saturated heterocycles. The molecule has 0 amide bonds. The molecule has 0 radical (unpaired) electrons. The minimum Gasteiger partial charge on any atom is -0.389 e. The fourth-order valence-corrected chi connectivity index (χ4v) is 8.54. The van der Waals surface area contributed by atoms with Gasteiger partial charge in [-0.1, -0.05) is 72.1 Å². The molecule has 170 valence electrons. The van der Waals surface area contributed by atoms with Gasteiger partial charge in [0.05, 0.1) is 6.10 Å². The van der Waals surface area contributed by atoms with E-state index < -0.39 is 0 Å². The predicted molar refractivity (Wildman–Crippen MR) is 128 cm³/mol. The van der Waals surface area contributed by atoms with Crippen LogP contribution in [0.15, 0.2) is 23.3 Å². The first-order chi connectivity index (χ1) is 14.1. The van der Waals surface area contributed by atoms with Gasteiger partial charge in [-0.15, -0.1) is 0 Å². The number of hydrogen-bond donors (Lipinski definition) is 1. The van der Waals surface area contributed by atoms with Crippen molar-refractivity contribution >= 4 is 0 Å². The van der Waals surface area contributed by atoms with Crippen molar-refractivity contribution in [2.45, 2.75) is 112 Å². The summed E-state index contributed by atoms with van der Waals surface area (Å²) in [5.41, 5.74) is 5.72. The Morgan fingerprint density at radius 3 is 2.37 bits per heavy atom. The number of aliphatic hydroxyl groups is 1. The van der Waals surface area contributed by atoms with Gasteiger partial charge in [0.1, 0.15) is 0 Å². The molecule has 4 aliphatic rings. The molecule has 0 heterocycles. The highest BCUT2D eigenvalue weighted by molar-refractivity contribution is 5.36. The molecular weight excluding hydrogens is 364 g/mol. The number of aliphatic hydroxyl groups excluding tert-OH is 1. The van der Waals surface area contributed by atoms with Crippen molar-refractivity contribution in [1.82, 2.24) is 0 Å². The lowest BCUT2D eigenvalue weighted by Crippen LogP contribution is -2.49. The molecule has 30 heavy (non-hydrogen) atoms. The van der Waals surface area contributed by atoms with Crippen molar-refractivity contribution in [2.75, 3.05) is 0 Å². The molecule has 8 atom stereocenters. The Bertz CT molecular complexity index is 701. The van der Waals surface area contributed by atoms with Crippen LogP contribution in [0.25, 0.3) is 0 Å². The fraction of sp³-hybridized carbons (Fsp3) is 0.862. The number of hydrogen-bond acceptors (Lipinski definition) is 1. The molecule has 0 aromatic rings. The Morgan fingerprint density at radius 1 is 0.933 bits per heavy atom. The second kappa shape index (κ2) is 8.09. The van der Waals surface area contributed by atoms with Gasteiger partial charge in [0, 0.05) is 0 Å². The lowest BCUT2D eigenvalue weighted by molar-refractivity contribution is 0.00282. The Balaban J connectivity index is 1.55. The van der Waals surface area contributed by atoms with Crippen LogP contribution in [0.5, 0.6) is 0 Å². The third-order valence-electron chi connectivity index (χ3n) is 11.0. The van der Waals surface area contributed by atoms with Gasteiger partial charge in [-0.05, 0) is 103 Å². The zero-order valence-electron chi connectivity index (χ0n) is 20.8. The maximum Gasteiger partial charge on any atom is 0.0750 e. The van der Waals surface area contributed by atoms with Gasteiger partial charge in [-0.2, -0.15) is 0 Å². The zero-order valence-corrected chi connectivity index (χ0v) is 20.8. The van der Waals surface area contributed by atoms with Crippen LogP contribution in [0, 0.1) is 46.3 Å². The Morgan fingerprint density at radius 2 is 1.67 bits per heavy atom. The Kier molecular flexibility index (Phi) is 6.10. The molecule has 0 aromatic heterocycles. The average molecular weight is 413 g/mol. The van der Waals surface area contributed by atoms with E-state index in [1.54, 1.807) is 0 Å². The van der Waals surface area contributed by atoms with Crippen LogP contribution >= 0.6 is 0 Å². The minimum atomic E-state index is -0.254. The average Bonchev–Trinajstić information content (AvgIpc) is 3.06. The summed E-state index contributed by atoms with van der Waals surface area (Å²) in [7, 11) is 0. The molecule has 3 fully saturated rings. The first-order valence-electron chi connectivity index (χ1n) is 13.2. The van der Waals surface area contributed by atoms with Gasteiger partial charge in [0.2, 0.25) is 0 Å². The van der Waals surface area contributed by atoms with E-state index in [0.29, 0.717) is 16.7 Å². The second-order valence-electron chi connectivity index (χ2n) is 12.7. The highest BCUT2D eigenvalue weighted by Gasteiger charge is 2.56. The first kappa shape index (κ1) is 22.6. The van der Waals surface area contributed by atoms with Crippen LogP contribution in [-0.2, 0) is 0 Å². The summed E-state index contributed by atoms with van der Waals surface area (Å²) in [5.74, 6) is 4.67. The summed E-state index contributed by atoms with van der Waals surface area (Å²) in [6, 6.07) is 0. The predicted octanol–water partition coefficient (Wildman–Crippen LogP) is 7.94. The van der Waals surface area contributed by atoms with Crippen molar-refractivity contribution in [3.8, 4) is 0 Å². The third-order valence-corrected chi connectivity index (χ3v) is 11.0. The molecule has 0 aromatic carbocycles. The number of fused-ring (bicyclic) bond motifs is 4. The third kappa shape index (κ3) is 3.46. The SMILES string of the molecule is C=C1C(O)CCC2(C)C1CCC1=C3CCC([C@H](C)CCC(C)C(C)C)C3(C)CCC12. The van der Waals surface area contributed by atoms with Crippen LogP contribution in [0.4, 0.5) is 0 Å². The van der Waals surface area contributed by atoms with Crippen molar-refractivity contribution in [3.63, 3.8) is 0 Å². The van der Waals surface area contributed by atoms with Crippen LogP contribution < -0.4 is 0 Å². The van der Waals surface area contributed by atoms with E-state index in [2.05, 4.69) is 48.1 Å². The molecule has 0 bridgehead atoms. The van der Waals surface area contributed by atoms with Crippen molar-refractivity contribution in [3.05, 3.63) is 23.3 Å². The van der Waals surface area contributed by atoms with E-state index >= 15 is 0 Å². The summed E-state index contributed by atoms with van der Waals surface area (Å²) >= 11 is 0. The molecule has 7 unspecified atom stereocenters. The van der Waals surface area contributed by atoms with Crippen molar-refractivity contribution < 1.29 is 5.11 Å². The number of rotatable bonds is 5. The maximum absolute atomic E-state index is 10.4. The summed E-state index contributed by atoms with van der Waals surface area (Å²) in [4.78, 5) is 0. The van der Waals surface area contributed by atoms with Crippen LogP contribution in [0.3, 0.4) is 0 Å². The van der Waals surface area contributed by atoms with Gasteiger partial charge in [-0.25, -0.2) is 0 Å². The summed E-state index contributed by atoms with van der Waals surface area (Å²) in [6.45, 7) is 19.3. The van der Waals surface area contributed by atoms with Gasteiger partial charge >= 0.3 is 0 Å². The lowest BCUT2D eigenvalue weighted by atomic mass is 9.48. The molecular formula is C29H48O. The topological polar surface area (TPSA) is 20.2 Å². The zero-order chi connectivity index (χ0) is 21.8. The highest BCUT2D eigenvalue weighted by Crippen LogP contribution is 2.66. The summed E-state index contributed by atoms with van der Waals surface area (Å²) < 4.78 is 0. The van der Waals surface area contributed by atoms with E-state index in [1.807, 2.05) is 11.1 Å². The van der Waals surface area contributed by atoms with E-state index in [4.69, 9.17) is 0 Å². The number of allylic oxidation sites excluding steroid dienone is 2. The largest absolute Gasteiger partial charge is 0.389 e. The smallest absolute Gasteiger partial charge is 0.0750 e. The Labute approximate surface area is 186 Å². The molecule has 3 saturated carbocycles. The quantitative estimate of drug-likeness (QED) is 0.454. The van der Waals surface area contributed by atoms with Gasteiger partial charge < -0.3 is 5.11 Å². The van der Waals surface area contributed by atoms with Crippen molar-refractivity contribution in [2.24, 2.45) is 46.3 Å². The highest BCUT2D eigenvalue weighted by atomic mass is 16.3. The molecule has 1 nitrogen and oxygen atoms in total. The minimum absolute atomic E-state index is 0.254. The fourth-order valence-electron chi connectivity index (χ4n) is 8.54. The Hall–Kier alpha value is -0.560. The molecule has 4 aliphatic carbocycles. The van der Waals surface area contributed by atoms with E-state index in [-0.39, 0.29) is 6.10 Å². The monoisotopic (exact) mass is 412 g/mol. The van der Waals surface area contributed by atoms with E-state index in [9.17, 15) is 5.11 Å². The molecule has 0 aliphatic heterocycles. The first-order valence-corrected chi connectivity index (χ1v) is 13.2. The molecule has 1 N–H and O–H groups in total. The van der Waals surface area contributed by atoms with Crippen LogP contribution in [-0.4, -0.2) is 11.2 Å². The van der Waals surface area contributed by atoms with Gasteiger partial charge in [0.15, 0.2) is 0 Å². The van der Waals surface area contributed by atoms with E-state index in [1.165, 1.54) is 57.8 Å². The molecule has 0 spiro atoms. The summed E-state index contributed by atoms with van der Waals surface area (Å²) in [5, 5.41) is 10.4. The normalized spacial score (nSPS) is 43.3. The molecule has 4 rings (SSSR count).